The number of benzene rings is 2. The smallest absolute Gasteiger partial charge is 0.268 e. The van der Waals surface area contributed by atoms with Gasteiger partial charge in [-0.3, -0.25) is 14.9 Å². The van der Waals surface area contributed by atoms with E-state index in [9.17, 15) is 14.9 Å². The van der Waals surface area contributed by atoms with E-state index in [-0.39, 0.29) is 11.2 Å². The summed E-state index contributed by atoms with van der Waals surface area (Å²) in [5, 5.41) is 14.8. The van der Waals surface area contributed by atoms with Crippen LogP contribution in [-0.2, 0) is 6.54 Å². The summed E-state index contributed by atoms with van der Waals surface area (Å²) in [6.45, 7) is 0.403. The van der Waals surface area contributed by atoms with Crippen LogP contribution in [0.2, 0.25) is 0 Å². The first-order valence-corrected chi connectivity index (χ1v) is 6.99. The lowest BCUT2D eigenvalue weighted by Crippen LogP contribution is -2.22. The van der Waals surface area contributed by atoms with E-state index < -0.39 is 4.92 Å². The topological polar surface area (TPSA) is 78.0 Å². The van der Waals surface area contributed by atoms with Crippen LogP contribution in [0.15, 0.2) is 71.7 Å². The van der Waals surface area contributed by atoms with Gasteiger partial charge in [0.1, 0.15) is 0 Å². The Morgan fingerprint density at radius 1 is 1.00 bits per heavy atom. The van der Waals surface area contributed by atoms with Gasteiger partial charge in [0.25, 0.3) is 11.2 Å². The van der Waals surface area contributed by atoms with Gasteiger partial charge in [-0.15, -0.1) is 0 Å². The van der Waals surface area contributed by atoms with Crippen molar-refractivity contribution >= 4 is 5.69 Å². The normalized spacial score (nSPS) is 10.4. The lowest BCUT2D eigenvalue weighted by molar-refractivity contribution is -0.384. The second kappa shape index (κ2) is 6.23. The zero-order chi connectivity index (χ0) is 16.2. The molecule has 3 rings (SSSR count). The first kappa shape index (κ1) is 14.6. The van der Waals surface area contributed by atoms with E-state index in [0.29, 0.717) is 17.7 Å². The summed E-state index contributed by atoms with van der Waals surface area (Å²) in [7, 11) is 0. The number of non-ortho nitro benzene ring substituents is 1. The molecule has 0 bridgehead atoms. The second-order valence-electron chi connectivity index (χ2n) is 5.03. The van der Waals surface area contributed by atoms with Crippen molar-refractivity contribution < 1.29 is 4.92 Å². The summed E-state index contributed by atoms with van der Waals surface area (Å²) in [5.74, 6) is 0. The molecule has 0 N–H and O–H groups in total. The monoisotopic (exact) mass is 307 g/mol. The molecule has 0 amide bonds. The van der Waals surface area contributed by atoms with Gasteiger partial charge in [-0.25, -0.2) is 4.68 Å². The maximum absolute atomic E-state index is 12.2. The van der Waals surface area contributed by atoms with Crippen molar-refractivity contribution in [2.75, 3.05) is 0 Å². The van der Waals surface area contributed by atoms with Crippen molar-refractivity contribution in [3.8, 4) is 11.1 Å². The molecular formula is C17H13N3O3. The van der Waals surface area contributed by atoms with Crippen molar-refractivity contribution in [3.63, 3.8) is 0 Å². The third-order valence-electron chi connectivity index (χ3n) is 3.46. The van der Waals surface area contributed by atoms with Crippen LogP contribution in [0.1, 0.15) is 5.56 Å². The number of aromatic nitrogens is 2. The van der Waals surface area contributed by atoms with Gasteiger partial charge in [-0.2, -0.15) is 5.10 Å². The zero-order valence-electron chi connectivity index (χ0n) is 12.1. The molecule has 0 aliphatic carbocycles. The number of nitrogens with zero attached hydrogens (tertiary/aromatic N) is 3. The molecule has 2 aromatic carbocycles. The Labute approximate surface area is 131 Å². The molecule has 0 unspecified atom stereocenters. The van der Waals surface area contributed by atoms with Crippen LogP contribution in [0, 0.1) is 10.1 Å². The highest BCUT2D eigenvalue weighted by Gasteiger charge is 2.07. The molecule has 0 saturated heterocycles. The Balaban J connectivity index is 1.87. The molecule has 3 aromatic rings. The number of hydrogen-bond donors (Lipinski definition) is 0. The van der Waals surface area contributed by atoms with Crippen LogP contribution in [0.5, 0.6) is 0 Å². The van der Waals surface area contributed by atoms with Gasteiger partial charge in [-0.05, 0) is 23.3 Å². The summed E-state index contributed by atoms with van der Waals surface area (Å²) < 4.78 is 1.38. The highest BCUT2D eigenvalue weighted by Crippen LogP contribution is 2.20. The molecule has 0 fully saturated rings. The molecule has 114 valence electrons. The Bertz CT molecular complexity index is 887. The largest absolute Gasteiger partial charge is 0.269 e. The van der Waals surface area contributed by atoms with Gasteiger partial charge < -0.3 is 0 Å². The predicted molar refractivity (Wildman–Crippen MR) is 86.1 cm³/mol. The van der Waals surface area contributed by atoms with Gasteiger partial charge in [0, 0.05) is 23.8 Å². The minimum absolute atomic E-state index is 0.0131. The molecular weight excluding hydrogens is 294 g/mol. The van der Waals surface area contributed by atoms with Crippen molar-refractivity contribution in [3.05, 3.63) is 92.9 Å². The molecule has 6 nitrogen and oxygen atoms in total. The Hall–Kier alpha value is -3.28. The molecule has 0 spiro atoms. The molecule has 1 heterocycles. The fourth-order valence-electron chi connectivity index (χ4n) is 2.24. The third-order valence-corrected chi connectivity index (χ3v) is 3.46. The van der Waals surface area contributed by atoms with Crippen LogP contribution in [0.25, 0.3) is 11.1 Å². The van der Waals surface area contributed by atoms with Crippen molar-refractivity contribution in [2.45, 2.75) is 6.54 Å². The molecule has 0 aliphatic rings. The molecule has 1 aromatic heterocycles. The molecule has 6 heteroatoms. The average Bonchev–Trinajstić information content (AvgIpc) is 2.58. The lowest BCUT2D eigenvalue weighted by Gasteiger charge is -2.06. The Kier molecular flexibility index (Phi) is 3.97. The summed E-state index contributed by atoms with van der Waals surface area (Å²) in [4.78, 5) is 22.4. The summed E-state index contributed by atoms with van der Waals surface area (Å²) >= 11 is 0. The predicted octanol–water partition coefficient (Wildman–Crippen LogP) is 2.87. The van der Waals surface area contributed by atoms with E-state index in [1.54, 1.807) is 18.3 Å². The first-order chi connectivity index (χ1) is 11.1. The molecule has 0 atom stereocenters. The van der Waals surface area contributed by atoms with Gasteiger partial charge in [0.15, 0.2) is 0 Å². The van der Waals surface area contributed by atoms with Crippen LogP contribution < -0.4 is 5.56 Å². The first-order valence-electron chi connectivity index (χ1n) is 6.99. The summed E-state index contributed by atoms with van der Waals surface area (Å²) in [6, 6.07) is 17.1. The third kappa shape index (κ3) is 3.32. The standard InChI is InChI=1S/C17H13N3O3/c21-17-10-15(14-6-8-16(9-7-14)20(22)23)11-18-19(17)12-13-4-2-1-3-5-13/h1-11H,12H2. The van der Waals surface area contributed by atoms with Crippen LogP contribution in [0.3, 0.4) is 0 Å². The number of nitro groups is 1. The molecule has 0 aliphatic heterocycles. The van der Waals surface area contributed by atoms with Crippen LogP contribution in [-0.4, -0.2) is 14.7 Å². The van der Waals surface area contributed by atoms with E-state index in [0.717, 1.165) is 5.56 Å². The maximum atomic E-state index is 12.2. The molecule has 23 heavy (non-hydrogen) atoms. The number of hydrogen-bond acceptors (Lipinski definition) is 4. The van der Waals surface area contributed by atoms with Crippen molar-refractivity contribution in [1.29, 1.82) is 0 Å². The van der Waals surface area contributed by atoms with E-state index in [1.807, 2.05) is 30.3 Å². The summed E-state index contributed by atoms with van der Waals surface area (Å²) in [6.07, 6.45) is 1.59. The Morgan fingerprint density at radius 2 is 1.70 bits per heavy atom. The lowest BCUT2D eigenvalue weighted by atomic mass is 10.1. The van der Waals surface area contributed by atoms with Gasteiger partial charge >= 0.3 is 0 Å². The van der Waals surface area contributed by atoms with E-state index in [2.05, 4.69) is 5.10 Å². The SMILES string of the molecule is O=c1cc(-c2ccc([N+](=O)[O-])cc2)cnn1Cc1ccccc1. The summed E-state index contributed by atoms with van der Waals surface area (Å²) in [5.41, 5.74) is 2.13. The number of rotatable bonds is 4. The average molecular weight is 307 g/mol. The Morgan fingerprint density at radius 3 is 2.30 bits per heavy atom. The van der Waals surface area contributed by atoms with E-state index in [1.165, 1.54) is 22.9 Å². The fourth-order valence-corrected chi connectivity index (χ4v) is 2.24. The van der Waals surface area contributed by atoms with Crippen LogP contribution in [0.4, 0.5) is 5.69 Å². The minimum Gasteiger partial charge on any atom is -0.268 e. The van der Waals surface area contributed by atoms with Crippen LogP contribution >= 0.6 is 0 Å². The van der Waals surface area contributed by atoms with E-state index in [4.69, 9.17) is 0 Å². The molecule has 0 radical (unpaired) electrons. The zero-order valence-corrected chi connectivity index (χ0v) is 12.1. The quantitative estimate of drug-likeness (QED) is 0.548. The van der Waals surface area contributed by atoms with Gasteiger partial charge in [0.2, 0.25) is 0 Å². The molecule has 0 saturated carbocycles. The van der Waals surface area contributed by atoms with Gasteiger partial charge in [0.05, 0.1) is 17.7 Å². The highest BCUT2D eigenvalue weighted by molar-refractivity contribution is 5.63. The van der Waals surface area contributed by atoms with Gasteiger partial charge in [-0.1, -0.05) is 30.3 Å². The van der Waals surface area contributed by atoms with E-state index >= 15 is 0 Å². The maximum Gasteiger partial charge on any atom is 0.269 e. The number of nitro benzene ring substituents is 1. The van der Waals surface area contributed by atoms with Crippen molar-refractivity contribution in [2.24, 2.45) is 0 Å². The highest BCUT2D eigenvalue weighted by atomic mass is 16.6. The fraction of sp³-hybridized carbons (Fsp3) is 0.0588. The minimum atomic E-state index is -0.458. The second-order valence-corrected chi connectivity index (χ2v) is 5.03. The van der Waals surface area contributed by atoms with Crippen molar-refractivity contribution in [1.82, 2.24) is 9.78 Å².